The summed E-state index contributed by atoms with van der Waals surface area (Å²) in [5, 5.41) is 25.4. The van der Waals surface area contributed by atoms with Crippen LogP contribution in [-0.2, 0) is 4.74 Å². The number of hydrogen-bond acceptors (Lipinski definition) is 4. The van der Waals surface area contributed by atoms with E-state index in [0.29, 0.717) is 28.0 Å². The SMILES string of the molecule is C[Si](C)(C)C#Cc1c(Cl)cc2c(cnn2C2CCCCO2)c1B(O)O. The van der Waals surface area contributed by atoms with E-state index in [2.05, 4.69) is 36.2 Å². The largest absolute Gasteiger partial charge is 0.490 e. The third-order valence-electron chi connectivity index (χ3n) is 4.14. The molecule has 1 aliphatic heterocycles. The average molecular weight is 377 g/mol. The van der Waals surface area contributed by atoms with Crippen molar-refractivity contribution >= 4 is 43.2 Å². The fourth-order valence-electron chi connectivity index (χ4n) is 2.97. The summed E-state index contributed by atoms with van der Waals surface area (Å²) >= 11 is 6.46. The molecule has 1 atom stereocenters. The van der Waals surface area contributed by atoms with Crippen molar-refractivity contribution in [1.29, 1.82) is 0 Å². The highest BCUT2D eigenvalue weighted by molar-refractivity contribution is 6.84. The summed E-state index contributed by atoms with van der Waals surface area (Å²) in [5.74, 6) is 3.08. The predicted octanol–water partition coefficient (Wildman–Crippen LogP) is 2.30. The zero-order valence-electron chi connectivity index (χ0n) is 14.7. The van der Waals surface area contributed by atoms with Gasteiger partial charge in [0.1, 0.15) is 8.07 Å². The molecule has 132 valence electrons. The molecule has 2 heterocycles. The summed E-state index contributed by atoms with van der Waals surface area (Å²) in [6, 6.07) is 1.79. The second-order valence-electron chi connectivity index (χ2n) is 7.36. The van der Waals surface area contributed by atoms with Crippen molar-refractivity contribution < 1.29 is 14.8 Å². The lowest BCUT2D eigenvalue weighted by Crippen LogP contribution is -2.33. The molecular weight excluding hydrogens is 355 g/mol. The van der Waals surface area contributed by atoms with Crippen LogP contribution in [0, 0.1) is 11.5 Å². The Morgan fingerprint density at radius 2 is 2.12 bits per heavy atom. The summed E-state index contributed by atoms with van der Waals surface area (Å²) in [5.41, 5.74) is 4.76. The molecule has 8 heteroatoms. The van der Waals surface area contributed by atoms with Crippen LogP contribution in [0.15, 0.2) is 12.3 Å². The summed E-state index contributed by atoms with van der Waals surface area (Å²) in [7, 11) is -3.30. The molecule has 1 fully saturated rings. The van der Waals surface area contributed by atoms with Crippen LogP contribution in [0.4, 0.5) is 0 Å². The molecule has 0 bridgehead atoms. The molecule has 3 rings (SSSR count). The van der Waals surface area contributed by atoms with Gasteiger partial charge in [0.25, 0.3) is 0 Å². The standard InChI is InChI=1S/C17H22BClN2O3Si/c1-25(2,3)9-7-12-14(19)10-15-13(17(12)18(22)23)11-20-21(15)16-6-4-5-8-24-16/h10-11,16,22-23H,4-6,8H2,1-3H3. The van der Waals surface area contributed by atoms with Crippen molar-refractivity contribution in [3.05, 3.63) is 22.8 Å². The third kappa shape index (κ3) is 3.94. The van der Waals surface area contributed by atoms with E-state index in [1.165, 1.54) is 0 Å². The van der Waals surface area contributed by atoms with Gasteiger partial charge in [-0.05, 0) is 25.3 Å². The Hall–Kier alpha value is -1.30. The molecular formula is C17H22BClN2O3Si. The maximum absolute atomic E-state index is 9.95. The molecule has 1 aromatic carbocycles. The first-order valence-electron chi connectivity index (χ1n) is 8.48. The Bertz CT molecular complexity index is 845. The maximum atomic E-state index is 9.95. The molecule has 5 nitrogen and oxygen atoms in total. The number of aromatic nitrogens is 2. The smallest absolute Gasteiger partial charge is 0.423 e. The number of nitrogens with zero attached hydrogens (tertiary/aromatic N) is 2. The van der Waals surface area contributed by atoms with Crippen LogP contribution in [0.5, 0.6) is 0 Å². The van der Waals surface area contributed by atoms with Crippen molar-refractivity contribution in [1.82, 2.24) is 9.78 Å². The molecule has 0 spiro atoms. The second-order valence-corrected chi connectivity index (χ2v) is 12.5. The van der Waals surface area contributed by atoms with E-state index in [0.717, 1.165) is 24.8 Å². The quantitative estimate of drug-likeness (QED) is 0.623. The lowest BCUT2D eigenvalue weighted by molar-refractivity contribution is -0.0366. The van der Waals surface area contributed by atoms with Crippen molar-refractivity contribution in [3.63, 3.8) is 0 Å². The van der Waals surface area contributed by atoms with Crippen molar-refractivity contribution in [3.8, 4) is 11.5 Å². The number of benzene rings is 1. The molecule has 2 aromatic rings. The van der Waals surface area contributed by atoms with Gasteiger partial charge in [-0.25, -0.2) is 4.68 Å². The number of rotatable bonds is 2. The Labute approximate surface area is 154 Å². The number of fused-ring (bicyclic) bond motifs is 1. The topological polar surface area (TPSA) is 67.5 Å². The Morgan fingerprint density at radius 3 is 2.72 bits per heavy atom. The van der Waals surface area contributed by atoms with Gasteiger partial charge in [0.15, 0.2) is 6.23 Å². The van der Waals surface area contributed by atoms with E-state index in [1.807, 2.05) is 0 Å². The molecule has 0 aliphatic carbocycles. The summed E-state index contributed by atoms with van der Waals surface area (Å²) in [4.78, 5) is 0. The van der Waals surface area contributed by atoms with Gasteiger partial charge in [-0.15, -0.1) is 5.54 Å². The predicted molar refractivity (Wildman–Crippen MR) is 104 cm³/mol. The zero-order chi connectivity index (χ0) is 18.2. The monoisotopic (exact) mass is 376 g/mol. The third-order valence-corrected chi connectivity index (χ3v) is 5.32. The van der Waals surface area contributed by atoms with Gasteiger partial charge in [0, 0.05) is 23.0 Å². The highest BCUT2D eigenvalue weighted by atomic mass is 35.5. The van der Waals surface area contributed by atoms with Crippen molar-refractivity contribution in [2.75, 3.05) is 6.61 Å². The van der Waals surface area contributed by atoms with E-state index in [4.69, 9.17) is 16.3 Å². The fourth-order valence-corrected chi connectivity index (χ4v) is 3.72. The molecule has 1 aliphatic rings. The van der Waals surface area contributed by atoms with Gasteiger partial charge in [0.2, 0.25) is 0 Å². The maximum Gasteiger partial charge on any atom is 0.490 e. The molecule has 0 amide bonds. The van der Waals surface area contributed by atoms with E-state index in [1.54, 1.807) is 16.9 Å². The normalized spacial score (nSPS) is 18.1. The van der Waals surface area contributed by atoms with Crippen LogP contribution < -0.4 is 5.46 Å². The van der Waals surface area contributed by atoms with Gasteiger partial charge in [-0.3, -0.25) is 0 Å². The molecule has 25 heavy (non-hydrogen) atoms. The lowest BCUT2D eigenvalue weighted by atomic mass is 9.75. The first-order valence-corrected chi connectivity index (χ1v) is 12.4. The van der Waals surface area contributed by atoms with Crippen LogP contribution in [0.1, 0.15) is 31.1 Å². The first kappa shape index (κ1) is 18.5. The number of halogens is 1. The average Bonchev–Trinajstić information content (AvgIpc) is 2.95. The molecule has 0 radical (unpaired) electrons. The highest BCUT2D eigenvalue weighted by Gasteiger charge is 2.26. The summed E-state index contributed by atoms with van der Waals surface area (Å²) in [6.07, 6.45) is 4.49. The molecule has 1 saturated heterocycles. The fraction of sp³-hybridized carbons (Fsp3) is 0.471. The van der Waals surface area contributed by atoms with Crippen molar-refractivity contribution in [2.45, 2.75) is 45.1 Å². The lowest BCUT2D eigenvalue weighted by Gasteiger charge is -2.23. The second kappa shape index (κ2) is 7.14. The summed E-state index contributed by atoms with van der Waals surface area (Å²) in [6.45, 7) is 7.08. The molecule has 1 aromatic heterocycles. The van der Waals surface area contributed by atoms with Crippen LogP contribution in [0.2, 0.25) is 24.7 Å². The zero-order valence-corrected chi connectivity index (χ0v) is 16.5. The van der Waals surface area contributed by atoms with Gasteiger partial charge in [-0.2, -0.15) is 5.10 Å². The van der Waals surface area contributed by atoms with Gasteiger partial charge in [-0.1, -0.05) is 37.2 Å². The van der Waals surface area contributed by atoms with Crippen LogP contribution in [-0.4, -0.2) is 41.6 Å². The first-order chi connectivity index (χ1) is 11.8. The van der Waals surface area contributed by atoms with Crippen LogP contribution in [0.3, 0.4) is 0 Å². The molecule has 2 N–H and O–H groups in total. The Balaban J connectivity index is 2.18. The molecule has 1 unspecified atom stereocenters. The van der Waals surface area contributed by atoms with E-state index >= 15 is 0 Å². The minimum absolute atomic E-state index is 0.148. The summed E-state index contributed by atoms with van der Waals surface area (Å²) < 4.78 is 7.58. The van der Waals surface area contributed by atoms with E-state index in [9.17, 15) is 10.0 Å². The van der Waals surface area contributed by atoms with Gasteiger partial charge < -0.3 is 14.8 Å². The van der Waals surface area contributed by atoms with E-state index < -0.39 is 15.2 Å². The number of hydrogen-bond donors (Lipinski definition) is 2. The van der Waals surface area contributed by atoms with Crippen molar-refractivity contribution in [2.24, 2.45) is 0 Å². The van der Waals surface area contributed by atoms with Gasteiger partial charge in [0.05, 0.1) is 16.7 Å². The minimum Gasteiger partial charge on any atom is -0.423 e. The van der Waals surface area contributed by atoms with Crippen LogP contribution in [0.25, 0.3) is 10.9 Å². The molecule has 0 saturated carbocycles. The minimum atomic E-state index is -1.67. The Kier molecular flexibility index (Phi) is 5.28. The number of ether oxygens (including phenoxy) is 1. The van der Waals surface area contributed by atoms with Crippen LogP contribution >= 0.6 is 11.6 Å². The van der Waals surface area contributed by atoms with E-state index in [-0.39, 0.29) is 6.23 Å². The van der Waals surface area contributed by atoms with Gasteiger partial charge >= 0.3 is 7.12 Å². The highest BCUT2D eigenvalue weighted by Crippen LogP contribution is 2.28. The Morgan fingerprint density at radius 1 is 1.36 bits per heavy atom.